The molecule has 5 nitrogen and oxygen atoms in total. The highest BCUT2D eigenvalue weighted by molar-refractivity contribution is 7.71. The zero-order valence-electron chi connectivity index (χ0n) is 11.3. The molecule has 0 spiro atoms. The summed E-state index contributed by atoms with van der Waals surface area (Å²) in [5.41, 5.74) is 3.53. The number of rotatable bonds is 3. The van der Waals surface area contributed by atoms with Crippen molar-refractivity contribution in [1.82, 2.24) is 19.9 Å². The maximum atomic E-state index is 5.37. The Labute approximate surface area is 122 Å². The summed E-state index contributed by atoms with van der Waals surface area (Å²) < 4.78 is 5.93. The van der Waals surface area contributed by atoms with Gasteiger partial charge >= 0.3 is 0 Å². The molecule has 0 aromatic carbocycles. The Balaban J connectivity index is 1.77. The zero-order chi connectivity index (χ0) is 13.9. The molecule has 1 aliphatic rings. The summed E-state index contributed by atoms with van der Waals surface area (Å²) in [4.78, 5) is 13.9. The van der Waals surface area contributed by atoms with Gasteiger partial charge in [0.15, 0.2) is 4.77 Å². The number of aromatic nitrogens is 3. The number of H-pyrrole nitrogens is 1. The normalized spacial score (nSPS) is 14.8. The van der Waals surface area contributed by atoms with Crippen molar-refractivity contribution < 1.29 is 4.74 Å². The third kappa shape index (κ3) is 2.71. The maximum Gasteiger partial charge on any atom is 0.196 e. The van der Waals surface area contributed by atoms with E-state index < -0.39 is 0 Å². The van der Waals surface area contributed by atoms with E-state index in [1.165, 1.54) is 11.3 Å². The smallest absolute Gasteiger partial charge is 0.196 e. The first kappa shape index (κ1) is 13.2. The molecule has 1 aliphatic heterocycles. The lowest BCUT2D eigenvalue weighted by atomic mass is 10.1. The van der Waals surface area contributed by atoms with Crippen molar-refractivity contribution in [3.05, 3.63) is 46.2 Å². The molecule has 0 saturated carbocycles. The molecule has 0 bridgehead atoms. The second-order valence-corrected chi connectivity index (χ2v) is 5.23. The number of nitrogens with one attached hydrogen (secondary N) is 1. The van der Waals surface area contributed by atoms with E-state index in [1.54, 1.807) is 13.3 Å². The summed E-state index contributed by atoms with van der Waals surface area (Å²) in [5.74, 6) is 0.886. The Morgan fingerprint density at radius 2 is 2.35 bits per heavy atom. The van der Waals surface area contributed by atoms with Gasteiger partial charge in [-0.15, -0.1) is 0 Å². The molecule has 1 N–H and O–H groups in total. The second-order valence-electron chi connectivity index (χ2n) is 4.84. The van der Waals surface area contributed by atoms with Gasteiger partial charge in [-0.3, -0.25) is 9.88 Å². The molecule has 0 fully saturated rings. The predicted molar refractivity (Wildman–Crippen MR) is 78.0 cm³/mol. The van der Waals surface area contributed by atoms with Gasteiger partial charge in [0.1, 0.15) is 5.75 Å². The molecule has 104 valence electrons. The average molecular weight is 288 g/mol. The van der Waals surface area contributed by atoms with Crippen LogP contribution in [0.5, 0.6) is 5.75 Å². The number of aromatic amines is 1. The van der Waals surface area contributed by atoms with E-state index in [0.29, 0.717) is 4.77 Å². The fourth-order valence-corrected chi connectivity index (χ4v) is 2.69. The molecule has 3 heterocycles. The van der Waals surface area contributed by atoms with Crippen LogP contribution in [0.2, 0.25) is 0 Å². The van der Waals surface area contributed by atoms with E-state index in [-0.39, 0.29) is 0 Å². The average Bonchev–Trinajstić information content (AvgIpc) is 2.48. The van der Waals surface area contributed by atoms with Gasteiger partial charge in [0.2, 0.25) is 0 Å². The number of hydrogen-bond donors (Lipinski definition) is 1. The quantitative estimate of drug-likeness (QED) is 0.877. The van der Waals surface area contributed by atoms with E-state index in [4.69, 9.17) is 17.0 Å². The monoisotopic (exact) mass is 288 g/mol. The van der Waals surface area contributed by atoms with Crippen molar-refractivity contribution in [1.29, 1.82) is 0 Å². The fraction of sp³-hybridized carbons (Fsp3) is 0.357. The minimum Gasteiger partial charge on any atom is -0.496 e. The summed E-state index contributed by atoms with van der Waals surface area (Å²) in [6, 6.07) is 1.89. The lowest BCUT2D eigenvalue weighted by Crippen LogP contribution is -2.31. The van der Waals surface area contributed by atoms with Crippen molar-refractivity contribution >= 4 is 12.2 Å². The highest BCUT2D eigenvalue weighted by atomic mass is 32.1. The standard InChI is InChI=1S/C14H16N4OS/c1-19-13-2-4-15-6-11(13)9-18-5-3-12-10(8-18)7-16-14(20)17-12/h2,4,6-7H,3,5,8-9H2,1H3,(H,16,17,20). The molecule has 2 aromatic heterocycles. The number of fused-ring (bicyclic) bond motifs is 1. The predicted octanol–water partition coefficient (Wildman–Crippen LogP) is 2.10. The van der Waals surface area contributed by atoms with Gasteiger partial charge in [0.25, 0.3) is 0 Å². The number of pyridine rings is 1. The Hall–Kier alpha value is -1.79. The van der Waals surface area contributed by atoms with Gasteiger partial charge in [0.05, 0.1) is 7.11 Å². The molecule has 20 heavy (non-hydrogen) atoms. The van der Waals surface area contributed by atoms with Crippen LogP contribution >= 0.6 is 12.2 Å². The van der Waals surface area contributed by atoms with E-state index in [0.717, 1.165) is 37.4 Å². The molecular formula is C14H16N4OS. The van der Waals surface area contributed by atoms with Gasteiger partial charge in [-0.1, -0.05) is 0 Å². The summed E-state index contributed by atoms with van der Waals surface area (Å²) in [6.45, 7) is 2.68. The summed E-state index contributed by atoms with van der Waals surface area (Å²) >= 11 is 5.06. The van der Waals surface area contributed by atoms with Gasteiger partial charge in [-0.05, 0) is 18.3 Å². The summed E-state index contributed by atoms with van der Waals surface area (Å²) in [5, 5.41) is 0. The largest absolute Gasteiger partial charge is 0.496 e. The number of nitrogens with zero attached hydrogens (tertiary/aromatic N) is 3. The Bertz CT molecular complexity index is 670. The SMILES string of the molecule is COc1ccncc1CN1CCc2[nH]c(=S)ncc2C1. The van der Waals surface area contributed by atoms with Gasteiger partial charge < -0.3 is 9.72 Å². The first-order chi connectivity index (χ1) is 9.76. The molecule has 2 aromatic rings. The van der Waals surface area contributed by atoms with Crippen LogP contribution in [-0.2, 0) is 19.5 Å². The topological polar surface area (TPSA) is 54.0 Å². The molecule has 0 amide bonds. The summed E-state index contributed by atoms with van der Waals surface area (Å²) in [6.07, 6.45) is 6.45. The van der Waals surface area contributed by atoms with Gasteiger partial charge in [0, 0.05) is 61.5 Å². The van der Waals surface area contributed by atoms with Gasteiger partial charge in [-0.2, -0.15) is 0 Å². The van der Waals surface area contributed by atoms with Crippen LogP contribution < -0.4 is 4.74 Å². The van der Waals surface area contributed by atoms with E-state index in [1.807, 2.05) is 18.5 Å². The number of ether oxygens (including phenoxy) is 1. The molecule has 0 radical (unpaired) electrons. The Morgan fingerprint density at radius 1 is 1.45 bits per heavy atom. The minimum absolute atomic E-state index is 0.561. The van der Waals surface area contributed by atoms with E-state index in [2.05, 4.69) is 19.9 Å². The highest BCUT2D eigenvalue weighted by Gasteiger charge is 2.18. The molecular weight excluding hydrogens is 272 g/mol. The number of methoxy groups -OCH3 is 1. The highest BCUT2D eigenvalue weighted by Crippen LogP contribution is 2.22. The number of hydrogen-bond acceptors (Lipinski definition) is 5. The van der Waals surface area contributed by atoms with Crippen molar-refractivity contribution in [2.75, 3.05) is 13.7 Å². The first-order valence-corrected chi connectivity index (χ1v) is 6.93. The van der Waals surface area contributed by atoms with Crippen molar-refractivity contribution in [2.45, 2.75) is 19.5 Å². The first-order valence-electron chi connectivity index (χ1n) is 6.52. The van der Waals surface area contributed by atoms with Crippen LogP contribution in [-0.4, -0.2) is 33.5 Å². The van der Waals surface area contributed by atoms with Crippen molar-refractivity contribution in [3.63, 3.8) is 0 Å². The van der Waals surface area contributed by atoms with Crippen LogP contribution in [0.15, 0.2) is 24.7 Å². The van der Waals surface area contributed by atoms with E-state index >= 15 is 0 Å². The van der Waals surface area contributed by atoms with Crippen LogP contribution in [0.3, 0.4) is 0 Å². The van der Waals surface area contributed by atoms with Crippen LogP contribution in [0.1, 0.15) is 16.8 Å². The lowest BCUT2D eigenvalue weighted by Gasteiger charge is -2.28. The zero-order valence-corrected chi connectivity index (χ0v) is 12.1. The maximum absolute atomic E-state index is 5.37. The third-order valence-corrected chi connectivity index (χ3v) is 3.74. The van der Waals surface area contributed by atoms with Crippen molar-refractivity contribution in [2.24, 2.45) is 0 Å². The second kappa shape index (κ2) is 5.68. The Kier molecular flexibility index (Phi) is 3.75. The lowest BCUT2D eigenvalue weighted by molar-refractivity contribution is 0.238. The molecule has 0 saturated heterocycles. The van der Waals surface area contributed by atoms with Crippen LogP contribution in [0, 0.1) is 4.77 Å². The molecule has 0 unspecified atom stereocenters. The van der Waals surface area contributed by atoms with Gasteiger partial charge in [-0.25, -0.2) is 4.98 Å². The minimum atomic E-state index is 0.561. The Morgan fingerprint density at radius 3 is 3.20 bits per heavy atom. The molecule has 0 aliphatic carbocycles. The third-order valence-electron chi connectivity index (χ3n) is 3.53. The summed E-state index contributed by atoms with van der Waals surface area (Å²) in [7, 11) is 1.69. The van der Waals surface area contributed by atoms with E-state index in [9.17, 15) is 0 Å². The van der Waals surface area contributed by atoms with Crippen molar-refractivity contribution in [3.8, 4) is 5.75 Å². The van der Waals surface area contributed by atoms with Crippen LogP contribution in [0.4, 0.5) is 0 Å². The fourth-order valence-electron chi connectivity index (χ4n) is 2.51. The molecule has 3 rings (SSSR count). The van der Waals surface area contributed by atoms with Crippen LogP contribution in [0.25, 0.3) is 0 Å². The molecule has 6 heteroatoms. The molecule has 0 atom stereocenters.